The third-order valence-electron chi connectivity index (χ3n) is 6.28. The first-order valence-corrected chi connectivity index (χ1v) is 11.4. The van der Waals surface area contributed by atoms with E-state index in [1.165, 1.54) is 28.8 Å². The fourth-order valence-electron chi connectivity index (χ4n) is 4.48. The lowest BCUT2D eigenvalue weighted by atomic mass is 10.1. The molecule has 2 heterocycles. The molecule has 0 spiro atoms. The van der Waals surface area contributed by atoms with Crippen molar-refractivity contribution in [2.24, 2.45) is 16.6 Å². The molecule has 2 aromatic carbocycles. The van der Waals surface area contributed by atoms with Crippen LogP contribution in [0.3, 0.4) is 0 Å². The molecule has 1 aromatic heterocycles. The predicted octanol–water partition coefficient (Wildman–Crippen LogP) is 1.14. The predicted molar refractivity (Wildman–Crippen MR) is 133 cm³/mol. The highest BCUT2D eigenvalue weighted by atomic mass is 19.1. The molecule has 0 bridgehead atoms. The highest BCUT2D eigenvalue weighted by Gasteiger charge is 2.23. The van der Waals surface area contributed by atoms with Crippen LogP contribution in [0.25, 0.3) is 0 Å². The van der Waals surface area contributed by atoms with E-state index in [0.29, 0.717) is 30.0 Å². The van der Waals surface area contributed by atoms with Gasteiger partial charge in [0.2, 0.25) is 0 Å². The number of hydrogen-bond donors (Lipinski definition) is 3. The van der Waals surface area contributed by atoms with E-state index in [-0.39, 0.29) is 36.1 Å². The van der Waals surface area contributed by atoms with Gasteiger partial charge in [0.05, 0.1) is 24.7 Å². The summed E-state index contributed by atoms with van der Waals surface area (Å²) in [5.74, 6) is -0.457. The number of rotatable bonds is 6. The maximum absolute atomic E-state index is 14.2. The third kappa shape index (κ3) is 4.99. The van der Waals surface area contributed by atoms with Gasteiger partial charge in [-0.05, 0) is 48.2 Å². The summed E-state index contributed by atoms with van der Waals surface area (Å²) in [6.45, 7) is 0.765. The zero-order chi connectivity index (χ0) is 25.8. The summed E-state index contributed by atoms with van der Waals surface area (Å²) >= 11 is 0. The number of nitrogens with zero attached hydrogens (tertiary/aromatic N) is 5. The monoisotopic (exact) mass is 491 g/mol. The van der Waals surface area contributed by atoms with Crippen LogP contribution in [0.5, 0.6) is 0 Å². The molecule has 186 valence electrons. The van der Waals surface area contributed by atoms with E-state index < -0.39 is 17.1 Å². The Morgan fingerprint density at radius 2 is 1.89 bits per heavy atom. The van der Waals surface area contributed by atoms with Crippen molar-refractivity contribution in [1.29, 1.82) is 5.26 Å². The summed E-state index contributed by atoms with van der Waals surface area (Å²) in [5, 5.41) is 21.6. The number of hydrogen-bond acceptors (Lipinski definition) is 7. The Balaban J connectivity index is 1.89. The highest BCUT2D eigenvalue weighted by Crippen LogP contribution is 2.20. The standard InChI is InChI=1S/C25H26FN7O3/c26-19-7-8-21(24(29)30-36)18(10-19)14-32-22(31-9-3-6-20(28)15-31)11-23(34)33(25(32)35)13-17-5-2-1-4-16(17)12-27/h1-2,4-5,7-8,10-11,20,36H,3,6,9,13-15,28H2,(H2,29,30)/t20-/m1/s1. The molecule has 11 heteroatoms. The Morgan fingerprint density at radius 3 is 2.61 bits per heavy atom. The summed E-state index contributed by atoms with van der Waals surface area (Å²) in [4.78, 5) is 28.8. The quantitative estimate of drug-likeness (QED) is 0.202. The number of nitrogens with two attached hydrogens (primary N) is 2. The largest absolute Gasteiger partial charge is 0.409 e. The molecule has 0 radical (unpaired) electrons. The lowest BCUT2D eigenvalue weighted by molar-refractivity contribution is 0.318. The second kappa shape index (κ2) is 10.5. The van der Waals surface area contributed by atoms with E-state index >= 15 is 0 Å². The van der Waals surface area contributed by atoms with Gasteiger partial charge in [0.25, 0.3) is 5.56 Å². The molecule has 36 heavy (non-hydrogen) atoms. The molecule has 1 aliphatic rings. The van der Waals surface area contributed by atoms with E-state index in [1.54, 1.807) is 24.3 Å². The number of benzene rings is 2. The molecule has 0 saturated carbocycles. The van der Waals surface area contributed by atoms with Gasteiger partial charge in [-0.2, -0.15) is 5.26 Å². The first-order valence-electron chi connectivity index (χ1n) is 11.4. The number of oxime groups is 1. The summed E-state index contributed by atoms with van der Waals surface area (Å²) in [6, 6.07) is 13.7. The third-order valence-corrected chi connectivity index (χ3v) is 6.28. The topological polar surface area (TPSA) is 156 Å². The Morgan fingerprint density at radius 1 is 1.14 bits per heavy atom. The van der Waals surface area contributed by atoms with Crippen LogP contribution in [0.15, 0.2) is 63.3 Å². The van der Waals surface area contributed by atoms with Crippen molar-refractivity contribution in [3.63, 3.8) is 0 Å². The number of anilines is 1. The van der Waals surface area contributed by atoms with Crippen LogP contribution < -0.4 is 27.6 Å². The van der Waals surface area contributed by atoms with E-state index in [0.717, 1.165) is 17.4 Å². The Bertz CT molecular complexity index is 1470. The van der Waals surface area contributed by atoms with Crippen LogP contribution in [0.2, 0.25) is 0 Å². The number of nitriles is 1. The molecule has 0 amide bonds. The average Bonchev–Trinajstić information content (AvgIpc) is 2.88. The zero-order valence-electron chi connectivity index (χ0n) is 19.5. The smallest absolute Gasteiger partial charge is 0.333 e. The van der Waals surface area contributed by atoms with Gasteiger partial charge in [-0.1, -0.05) is 23.4 Å². The minimum Gasteiger partial charge on any atom is -0.409 e. The second-order valence-corrected chi connectivity index (χ2v) is 8.70. The van der Waals surface area contributed by atoms with Gasteiger partial charge in [0.1, 0.15) is 11.6 Å². The number of piperidine rings is 1. The number of aromatic nitrogens is 2. The van der Waals surface area contributed by atoms with E-state index in [1.807, 2.05) is 4.90 Å². The van der Waals surface area contributed by atoms with Gasteiger partial charge in [-0.3, -0.25) is 13.9 Å². The molecule has 0 unspecified atom stereocenters. The van der Waals surface area contributed by atoms with Gasteiger partial charge in [-0.15, -0.1) is 0 Å². The van der Waals surface area contributed by atoms with Crippen molar-refractivity contribution in [2.45, 2.75) is 32.0 Å². The van der Waals surface area contributed by atoms with Crippen molar-refractivity contribution < 1.29 is 9.60 Å². The Hall–Kier alpha value is -4.43. The fraction of sp³-hybridized carbons (Fsp3) is 0.280. The summed E-state index contributed by atoms with van der Waals surface area (Å²) in [5.41, 5.74) is 12.2. The SMILES string of the molecule is N#Cc1ccccc1Cn1c(=O)cc(N2CCC[C@@H](N)C2)n(Cc2cc(F)ccc2/C(N)=N\O)c1=O. The van der Waals surface area contributed by atoms with Crippen molar-refractivity contribution in [3.8, 4) is 6.07 Å². The first kappa shape index (κ1) is 24.7. The molecule has 5 N–H and O–H groups in total. The van der Waals surface area contributed by atoms with E-state index in [9.17, 15) is 24.4 Å². The molecule has 1 aliphatic heterocycles. The van der Waals surface area contributed by atoms with E-state index in [2.05, 4.69) is 11.2 Å². The Labute approximate surface area is 206 Å². The number of amidine groups is 1. The molecule has 0 aliphatic carbocycles. The van der Waals surface area contributed by atoms with Gasteiger partial charge >= 0.3 is 5.69 Å². The maximum atomic E-state index is 14.2. The molecule has 1 fully saturated rings. The molecular formula is C25H26FN7O3. The molecular weight excluding hydrogens is 465 g/mol. The highest BCUT2D eigenvalue weighted by molar-refractivity contribution is 5.98. The van der Waals surface area contributed by atoms with Crippen molar-refractivity contribution in [1.82, 2.24) is 9.13 Å². The fourth-order valence-corrected chi connectivity index (χ4v) is 4.48. The van der Waals surface area contributed by atoms with Crippen LogP contribution in [-0.4, -0.2) is 39.3 Å². The lowest BCUT2D eigenvalue weighted by Gasteiger charge is -2.34. The van der Waals surface area contributed by atoms with Crippen molar-refractivity contribution in [2.75, 3.05) is 18.0 Å². The molecule has 1 atom stereocenters. The van der Waals surface area contributed by atoms with Crippen LogP contribution in [0.1, 0.15) is 35.1 Å². The minimum atomic E-state index is -0.640. The average molecular weight is 492 g/mol. The summed E-state index contributed by atoms with van der Waals surface area (Å²) in [6.07, 6.45) is 1.60. The molecule has 3 aromatic rings. The number of halogens is 1. The molecule has 10 nitrogen and oxygen atoms in total. The van der Waals surface area contributed by atoms with E-state index in [4.69, 9.17) is 11.5 Å². The van der Waals surface area contributed by atoms with Crippen molar-refractivity contribution in [3.05, 3.63) is 97.4 Å². The normalized spacial score (nSPS) is 16.1. The van der Waals surface area contributed by atoms with Gasteiger partial charge in [-0.25, -0.2) is 9.18 Å². The van der Waals surface area contributed by atoms with Crippen LogP contribution in [0.4, 0.5) is 10.2 Å². The maximum Gasteiger partial charge on any atom is 0.333 e. The first-order chi connectivity index (χ1) is 17.3. The lowest BCUT2D eigenvalue weighted by Crippen LogP contribution is -2.48. The summed E-state index contributed by atoms with van der Waals surface area (Å²) in [7, 11) is 0. The second-order valence-electron chi connectivity index (χ2n) is 8.70. The minimum absolute atomic E-state index is 0.114. The van der Waals surface area contributed by atoms with Gasteiger partial charge in [0, 0.05) is 30.8 Å². The van der Waals surface area contributed by atoms with Crippen molar-refractivity contribution >= 4 is 11.7 Å². The van der Waals surface area contributed by atoms with Gasteiger partial charge < -0.3 is 21.6 Å². The summed E-state index contributed by atoms with van der Waals surface area (Å²) < 4.78 is 16.6. The van der Waals surface area contributed by atoms with Crippen LogP contribution >= 0.6 is 0 Å². The van der Waals surface area contributed by atoms with Gasteiger partial charge in [0.15, 0.2) is 5.84 Å². The van der Waals surface area contributed by atoms with Crippen LogP contribution in [-0.2, 0) is 13.1 Å². The zero-order valence-corrected chi connectivity index (χ0v) is 19.5. The van der Waals surface area contributed by atoms with Crippen LogP contribution in [0, 0.1) is 17.1 Å². The molecule has 4 rings (SSSR count). The molecule has 1 saturated heterocycles. The Kier molecular flexibility index (Phi) is 7.17.